The van der Waals surface area contributed by atoms with Crippen LogP contribution in [0.1, 0.15) is 6.42 Å². The average molecular weight is 352 g/mol. The highest BCUT2D eigenvalue weighted by atomic mass is 35.7. The molecule has 0 fully saturated rings. The lowest BCUT2D eigenvalue weighted by atomic mass is 10.3. The van der Waals surface area contributed by atoms with E-state index in [1.807, 2.05) is 0 Å². The molecule has 1 rings (SSSR count). The number of hydrogen-bond acceptors (Lipinski definition) is 5. The molecule has 6 nitrogen and oxygen atoms in total. The first-order chi connectivity index (χ1) is 9.42. The van der Waals surface area contributed by atoms with Crippen LogP contribution in [0.4, 0.5) is 23.2 Å². The summed E-state index contributed by atoms with van der Waals surface area (Å²) in [5.74, 6) is -2.30. The Morgan fingerprint density at radius 1 is 1.33 bits per heavy atom. The number of nitrogens with zero attached hydrogens (tertiary/aromatic N) is 1. The zero-order chi connectivity index (χ0) is 16.4. The van der Waals surface area contributed by atoms with E-state index in [-0.39, 0.29) is 6.07 Å². The van der Waals surface area contributed by atoms with Gasteiger partial charge in [-0.05, 0) is 0 Å². The summed E-state index contributed by atoms with van der Waals surface area (Å²) in [5, 5.41) is 10.7. The Labute approximate surface area is 119 Å². The molecule has 118 valence electrons. The second-order valence-corrected chi connectivity index (χ2v) is 6.19. The first-order valence-corrected chi connectivity index (χ1v) is 7.35. The van der Waals surface area contributed by atoms with Gasteiger partial charge >= 0.3 is 11.9 Å². The van der Waals surface area contributed by atoms with Crippen molar-refractivity contribution in [2.45, 2.75) is 17.5 Å². The molecule has 0 aliphatic rings. The van der Waals surface area contributed by atoms with E-state index >= 15 is 0 Å². The molecule has 0 atom stereocenters. The molecule has 0 N–H and O–H groups in total. The number of hydrogen-bond donors (Lipinski definition) is 0. The van der Waals surface area contributed by atoms with Gasteiger partial charge in [0.1, 0.15) is 10.7 Å². The highest BCUT2D eigenvalue weighted by Gasteiger charge is 2.29. The minimum Gasteiger partial charge on any atom is -0.486 e. The minimum atomic E-state index is -4.59. The van der Waals surface area contributed by atoms with E-state index in [1.54, 1.807) is 0 Å². The number of nitro groups is 1. The van der Waals surface area contributed by atoms with Crippen LogP contribution in [0.2, 0.25) is 0 Å². The van der Waals surface area contributed by atoms with Crippen molar-refractivity contribution in [2.75, 3.05) is 6.61 Å². The number of ether oxygens (including phenoxy) is 1. The highest BCUT2D eigenvalue weighted by Crippen LogP contribution is 2.33. The van der Waals surface area contributed by atoms with Gasteiger partial charge in [0.05, 0.1) is 18.0 Å². The van der Waals surface area contributed by atoms with Gasteiger partial charge in [0, 0.05) is 22.8 Å². The Morgan fingerprint density at radius 3 is 2.33 bits per heavy atom. The van der Waals surface area contributed by atoms with Crippen molar-refractivity contribution < 1.29 is 35.6 Å². The lowest BCUT2D eigenvalue weighted by molar-refractivity contribution is -0.386. The third kappa shape index (κ3) is 5.01. The zero-order valence-electron chi connectivity index (χ0n) is 9.86. The number of rotatable bonds is 5. The molecule has 0 amide bonds. The summed E-state index contributed by atoms with van der Waals surface area (Å²) in [6, 6.07) is 0.574. The van der Waals surface area contributed by atoms with Crippen LogP contribution in [0.5, 0.6) is 5.75 Å². The predicted molar refractivity (Wildman–Crippen MR) is 62.3 cm³/mol. The fourth-order valence-electron chi connectivity index (χ4n) is 1.25. The van der Waals surface area contributed by atoms with E-state index in [0.717, 1.165) is 0 Å². The van der Waals surface area contributed by atoms with Crippen LogP contribution in [0.15, 0.2) is 17.0 Å². The number of halogens is 5. The summed E-state index contributed by atoms with van der Waals surface area (Å²) >= 11 is 0. The highest BCUT2D eigenvalue weighted by molar-refractivity contribution is 8.13. The van der Waals surface area contributed by atoms with Crippen molar-refractivity contribution >= 4 is 25.4 Å². The quantitative estimate of drug-likeness (QED) is 0.352. The number of nitro benzene ring substituents is 1. The third-order valence-corrected chi connectivity index (χ3v) is 3.45. The third-order valence-electron chi connectivity index (χ3n) is 2.12. The van der Waals surface area contributed by atoms with Crippen molar-refractivity contribution in [1.29, 1.82) is 0 Å². The van der Waals surface area contributed by atoms with Crippen molar-refractivity contribution in [3.63, 3.8) is 0 Å². The summed E-state index contributed by atoms with van der Waals surface area (Å²) in [5.41, 5.74) is -1.02. The van der Waals surface area contributed by atoms with E-state index in [0.29, 0.717) is 6.07 Å². The van der Waals surface area contributed by atoms with E-state index in [9.17, 15) is 36.1 Å². The first-order valence-electron chi connectivity index (χ1n) is 5.04. The molecule has 0 bridgehead atoms. The minimum absolute atomic E-state index is 0.278. The molecular weight excluding hydrogens is 346 g/mol. The molecule has 0 heterocycles. The normalized spacial score (nSPS) is 12.2. The first kappa shape index (κ1) is 17.4. The molecule has 1 aromatic carbocycles. The Bertz CT molecular complexity index is 661. The van der Waals surface area contributed by atoms with E-state index in [2.05, 4.69) is 4.74 Å². The topological polar surface area (TPSA) is 86.5 Å². The van der Waals surface area contributed by atoms with Gasteiger partial charge in [-0.2, -0.15) is 13.2 Å². The van der Waals surface area contributed by atoms with E-state index in [1.165, 1.54) is 0 Å². The van der Waals surface area contributed by atoms with E-state index in [4.69, 9.17) is 10.7 Å². The molecule has 0 saturated carbocycles. The molecule has 0 saturated heterocycles. The molecule has 0 aliphatic heterocycles. The molecule has 0 unspecified atom stereocenters. The van der Waals surface area contributed by atoms with Gasteiger partial charge in [0.15, 0.2) is 5.75 Å². The van der Waals surface area contributed by atoms with Gasteiger partial charge < -0.3 is 4.74 Å². The standard InChI is InChI=1S/C9H6ClF4NO5S/c10-21(18,19)8-4-6(15(16)17)7(3-5(8)11)20-2-1-9(12,13)14/h3-4H,1-2H2. The van der Waals surface area contributed by atoms with Gasteiger partial charge in [-0.3, -0.25) is 10.1 Å². The second kappa shape index (κ2) is 6.02. The maximum atomic E-state index is 13.5. The van der Waals surface area contributed by atoms with Crippen LogP contribution in [0.25, 0.3) is 0 Å². The van der Waals surface area contributed by atoms with Gasteiger partial charge in [-0.1, -0.05) is 0 Å². The summed E-state index contributed by atoms with van der Waals surface area (Å²) in [6.45, 7) is -0.989. The second-order valence-electron chi connectivity index (χ2n) is 3.66. The average Bonchev–Trinajstić information content (AvgIpc) is 2.24. The lowest BCUT2D eigenvalue weighted by Gasteiger charge is -2.10. The molecule has 0 radical (unpaired) electrons. The SMILES string of the molecule is O=[N+]([O-])c1cc(S(=O)(=O)Cl)c(F)cc1OCCC(F)(F)F. The summed E-state index contributed by atoms with van der Waals surface area (Å²) in [7, 11) is 0.284. The van der Waals surface area contributed by atoms with Crippen LogP contribution in [0.3, 0.4) is 0 Å². The molecule has 1 aromatic rings. The molecule has 0 aliphatic carbocycles. The zero-order valence-corrected chi connectivity index (χ0v) is 11.4. The Morgan fingerprint density at radius 2 is 1.90 bits per heavy atom. The summed E-state index contributed by atoms with van der Waals surface area (Å²) in [4.78, 5) is 8.42. The van der Waals surface area contributed by atoms with Crippen molar-refractivity contribution in [2.24, 2.45) is 0 Å². The van der Waals surface area contributed by atoms with Crippen LogP contribution in [-0.2, 0) is 9.05 Å². The number of alkyl halides is 3. The van der Waals surface area contributed by atoms with E-state index < -0.39 is 55.3 Å². The van der Waals surface area contributed by atoms with Crippen LogP contribution < -0.4 is 4.74 Å². The van der Waals surface area contributed by atoms with Crippen molar-refractivity contribution in [1.82, 2.24) is 0 Å². The Kier molecular flexibility index (Phi) is 4.99. The molecule has 12 heteroatoms. The maximum absolute atomic E-state index is 13.5. The maximum Gasteiger partial charge on any atom is 0.392 e. The van der Waals surface area contributed by atoms with Gasteiger partial charge in [-0.25, -0.2) is 12.8 Å². The monoisotopic (exact) mass is 351 g/mol. The van der Waals surface area contributed by atoms with Gasteiger partial charge in [0.2, 0.25) is 0 Å². The number of benzene rings is 1. The van der Waals surface area contributed by atoms with Gasteiger partial charge in [-0.15, -0.1) is 0 Å². The molecule has 21 heavy (non-hydrogen) atoms. The van der Waals surface area contributed by atoms with Crippen LogP contribution in [0, 0.1) is 15.9 Å². The van der Waals surface area contributed by atoms with Crippen molar-refractivity contribution in [3.05, 3.63) is 28.1 Å². The van der Waals surface area contributed by atoms with Crippen LogP contribution in [-0.4, -0.2) is 26.1 Å². The van der Waals surface area contributed by atoms with Gasteiger partial charge in [0.25, 0.3) is 9.05 Å². The predicted octanol–water partition coefficient (Wildman–Crippen LogP) is 2.99. The van der Waals surface area contributed by atoms with Crippen molar-refractivity contribution in [3.8, 4) is 5.75 Å². The largest absolute Gasteiger partial charge is 0.486 e. The van der Waals surface area contributed by atoms with Crippen LogP contribution >= 0.6 is 10.7 Å². The molecule has 0 aromatic heterocycles. The molecular formula is C9H6ClF4NO5S. The summed E-state index contributed by atoms with van der Waals surface area (Å²) < 4.78 is 75.7. The Balaban J connectivity index is 3.16. The molecule has 0 spiro atoms. The fraction of sp³-hybridized carbons (Fsp3) is 0.333. The lowest BCUT2D eigenvalue weighted by Crippen LogP contribution is -2.13. The fourth-order valence-corrected chi connectivity index (χ4v) is 2.15. The smallest absolute Gasteiger partial charge is 0.392 e. The summed E-state index contributed by atoms with van der Waals surface area (Å²) in [6.07, 6.45) is -5.98. The Hall–Kier alpha value is -1.62.